The van der Waals surface area contributed by atoms with Crippen LogP contribution in [-0.4, -0.2) is 64.0 Å². The normalized spacial score (nSPS) is 13.6. The molecule has 214 valence electrons. The van der Waals surface area contributed by atoms with Crippen LogP contribution in [-0.2, 0) is 0 Å². The predicted octanol–water partition coefficient (Wildman–Crippen LogP) is 5.23. The number of aromatic nitrogens is 3. The number of benzene rings is 3. The molecule has 0 radical (unpaired) electrons. The van der Waals surface area contributed by atoms with Gasteiger partial charge in [0.15, 0.2) is 5.82 Å². The van der Waals surface area contributed by atoms with E-state index in [0.717, 1.165) is 26.2 Å². The molecule has 0 atom stereocenters. The summed E-state index contributed by atoms with van der Waals surface area (Å²) in [5.41, 5.74) is 2.35. The number of non-ortho nitro benzene ring substituents is 1. The van der Waals surface area contributed by atoms with Crippen molar-refractivity contribution in [1.82, 2.24) is 19.9 Å². The van der Waals surface area contributed by atoms with Gasteiger partial charge in [-0.25, -0.2) is 9.18 Å². The van der Waals surface area contributed by atoms with Gasteiger partial charge in [0.2, 0.25) is 11.9 Å². The fraction of sp³-hybridized carbons (Fsp3) is 0.172. The van der Waals surface area contributed by atoms with Crippen LogP contribution in [0.4, 0.5) is 43.8 Å². The predicted molar refractivity (Wildman–Crippen MR) is 160 cm³/mol. The molecular weight excluding hydrogens is 541 g/mol. The van der Waals surface area contributed by atoms with Gasteiger partial charge in [-0.2, -0.15) is 15.0 Å². The Bertz CT molecular complexity index is 1590. The van der Waals surface area contributed by atoms with Gasteiger partial charge in [0.1, 0.15) is 5.82 Å². The van der Waals surface area contributed by atoms with Gasteiger partial charge in [0.05, 0.1) is 4.92 Å². The highest BCUT2D eigenvalue weighted by Gasteiger charge is 2.18. The quantitative estimate of drug-likeness (QED) is 0.192. The molecule has 0 aliphatic carbocycles. The lowest BCUT2D eigenvalue weighted by molar-refractivity contribution is -0.384. The number of amides is 2. The molecule has 5 rings (SSSR count). The molecule has 2 amide bonds. The van der Waals surface area contributed by atoms with Crippen LogP contribution in [0.3, 0.4) is 0 Å². The van der Waals surface area contributed by atoms with Crippen molar-refractivity contribution in [3.05, 3.63) is 100 Å². The van der Waals surface area contributed by atoms with Crippen LogP contribution < -0.4 is 20.9 Å². The van der Waals surface area contributed by atoms with E-state index in [0.29, 0.717) is 40.3 Å². The minimum atomic E-state index is -0.461. The van der Waals surface area contributed by atoms with Crippen LogP contribution in [0.1, 0.15) is 11.4 Å². The second-order valence-corrected chi connectivity index (χ2v) is 9.58. The molecule has 4 aromatic rings. The molecule has 0 spiro atoms. The summed E-state index contributed by atoms with van der Waals surface area (Å²) in [5, 5.41) is 19.7. The number of anilines is 5. The van der Waals surface area contributed by atoms with Crippen LogP contribution in [0.15, 0.2) is 72.8 Å². The van der Waals surface area contributed by atoms with Crippen LogP contribution in [0.5, 0.6) is 0 Å². The Morgan fingerprint density at radius 1 is 0.881 bits per heavy atom. The molecule has 0 saturated carbocycles. The lowest BCUT2D eigenvalue weighted by Gasteiger charge is -2.32. The van der Waals surface area contributed by atoms with E-state index in [1.165, 1.54) is 36.4 Å². The number of carbonyl (C=O) groups excluding carboxylic acids is 1. The highest BCUT2D eigenvalue weighted by molar-refractivity contribution is 5.99. The van der Waals surface area contributed by atoms with Gasteiger partial charge in [0.25, 0.3) is 5.69 Å². The number of nitrogens with one attached hydrogen (secondary N) is 3. The van der Waals surface area contributed by atoms with Crippen molar-refractivity contribution in [1.29, 1.82) is 0 Å². The molecule has 1 aromatic heterocycles. The number of piperazine rings is 1. The summed E-state index contributed by atoms with van der Waals surface area (Å²) in [4.78, 5) is 41.1. The number of carbonyl (C=O) groups is 1. The van der Waals surface area contributed by atoms with Crippen molar-refractivity contribution in [2.24, 2.45) is 0 Å². The maximum Gasteiger partial charge on any atom is 0.323 e. The van der Waals surface area contributed by atoms with Gasteiger partial charge in [0, 0.05) is 55.4 Å². The third-order valence-corrected chi connectivity index (χ3v) is 6.43. The first kappa shape index (κ1) is 28.1. The summed E-state index contributed by atoms with van der Waals surface area (Å²) < 4.78 is 13.1. The van der Waals surface area contributed by atoms with Crippen LogP contribution >= 0.6 is 0 Å². The maximum absolute atomic E-state index is 13.1. The van der Waals surface area contributed by atoms with Crippen LogP contribution in [0.2, 0.25) is 0 Å². The molecule has 42 heavy (non-hydrogen) atoms. The fourth-order valence-corrected chi connectivity index (χ4v) is 4.16. The van der Waals surface area contributed by atoms with Gasteiger partial charge >= 0.3 is 6.03 Å². The van der Waals surface area contributed by atoms with E-state index in [9.17, 15) is 19.3 Å². The molecule has 2 heterocycles. The van der Waals surface area contributed by atoms with E-state index in [1.807, 2.05) is 0 Å². The first-order valence-electron chi connectivity index (χ1n) is 13.1. The number of hydrogen-bond donors (Lipinski definition) is 3. The van der Waals surface area contributed by atoms with E-state index in [2.05, 4.69) is 47.7 Å². The molecule has 1 aliphatic heterocycles. The molecule has 0 bridgehead atoms. The molecule has 3 N–H and O–H groups in total. The topological polar surface area (TPSA) is 141 Å². The Balaban J connectivity index is 1.31. The smallest absolute Gasteiger partial charge is 0.323 e. The number of nitro benzene ring substituents is 1. The standard InChI is InChI=1S/C29H28FN9O3/c1-37-15-17-38(18-16-37)28-35-26(14-5-20-3-2-4-25(19-20)39(41)42)34-27(36-28)31-22-10-12-24(13-11-22)33-29(40)32-23-8-6-21(30)7-9-23/h2-14,19H,15-18H2,1H3,(H2,32,33,40)(H,31,34,35,36)/b14-5+. The Morgan fingerprint density at radius 2 is 1.52 bits per heavy atom. The van der Waals surface area contributed by atoms with Gasteiger partial charge in [-0.3, -0.25) is 10.1 Å². The summed E-state index contributed by atoms with van der Waals surface area (Å²) in [6.07, 6.45) is 3.41. The Hall–Kier alpha value is -5.43. The number of nitro groups is 1. The zero-order valence-electron chi connectivity index (χ0n) is 22.7. The second-order valence-electron chi connectivity index (χ2n) is 9.58. The largest absolute Gasteiger partial charge is 0.338 e. The lowest BCUT2D eigenvalue weighted by atomic mass is 10.2. The first-order valence-corrected chi connectivity index (χ1v) is 13.1. The molecule has 3 aromatic carbocycles. The first-order chi connectivity index (χ1) is 20.3. The van der Waals surface area contributed by atoms with Gasteiger partial charge in [-0.1, -0.05) is 18.2 Å². The average Bonchev–Trinajstić information content (AvgIpc) is 2.99. The zero-order chi connectivity index (χ0) is 29.5. The van der Waals surface area contributed by atoms with Crippen molar-refractivity contribution < 1.29 is 14.1 Å². The molecule has 1 fully saturated rings. The zero-order valence-corrected chi connectivity index (χ0v) is 22.7. The van der Waals surface area contributed by atoms with Crippen molar-refractivity contribution >= 4 is 52.8 Å². The van der Waals surface area contributed by atoms with Gasteiger partial charge in [-0.05, 0) is 67.2 Å². The molecule has 1 saturated heterocycles. The van der Waals surface area contributed by atoms with E-state index < -0.39 is 11.0 Å². The minimum absolute atomic E-state index is 0.000786. The number of nitrogens with zero attached hydrogens (tertiary/aromatic N) is 6. The average molecular weight is 570 g/mol. The van der Waals surface area contributed by atoms with Gasteiger partial charge in [-0.15, -0.1) is 0 Å². The Morgan fingerprint density at radius 3 is 2.19 bits per heavy atom. The van der Waals surface area contributed by atoms with E-state index in [4.69, 9.17) is 0 Å². The second kappa shape index (κ2) is 12.8. The monoisotopic (exact) mass is 569 g/mol. The number of halogens is 1. The van der Waals surface area contributed by atoms with E-state index >= 15 is 0 Å². The number of likely N-dealkylation sites (N-methyl/N-ethyl adjacent to an activating group) is 1. The van der Waals surface area contributed by atoms with Crippen molar-refractivity contribution in [2.45, 2.75) is 0 Å². The summed E-state index contributed by atoms with van der Waals surface area (Å²) in [6.45, 7) is 3.26. The van der Waals surface area contributed by atoms with Crippen LogP contribution in [0, 0.1) is 15.9 Å². The molecule has 1 aliphatic rings. The highest BCUT2D eigenvalue weighted by Crippen LogP contribution is 2.21. The summed E-state index contributed by atoms with van der Waals surface area (Å²) in [5.74, 6) is 0.856. The van der Waals surface area contributed by atoms with Crippen molar-refractivity contribution in [3.63, 3.8) is 0 Å². The summed E-state index contributed by atoms with van der Waals surface area (Å²) in [7, 11) is 2.07. The third kappa shape index (κ3) is 7.61. The fourth-order valence-electron chi connectivity index (χ4n) is 4.16. The van der Waals surface area contributed by atoms with Crippen molar-refractivity contribution in [2.75, 3.05) is 54.1 Å². The molecule has 0 unspecified atom stereocenters. The third-order valence-electron chi connectivity index (χ3n) is 6.43. The Labute approximate surface area is 241 Å². The summed E-state index contributed by atoms with van der Waals surface area (Å²) in [6, 6.07) is 18.3. The minimum Gasteiger partial charge on any atom is -0.338 e. The van der Waals surface area contributed by atoms with Crippen molar-refractivity contribution in [3.8, 4) is 0 Å². The summed E-state index contributed by atoms with van der Waals surface area (Å²) >= 11 is 0. The number of rotatable bonds is 8. The number of hydrogen-bond acceptors (Lipinski definition) is 9. The lowest BCUT2D eigenvalue weighted by Crippen LogP contribution is -2.45. The molecule has 12 nitrogen and oxygen atoms in total. The van der Waals surface area contributed by atoms with E-state index in [-0.39, 0.29) is 11.5 Å². The SMILES string of the molecule is CN1CCN(c2nc(/C=C/c3cccc([N+](=O)[O-])c3)nc(Nc3ccc(NC(=O)Nc4ccc(F)cc4)cc3)n2)CC1. The van der Waals surface area contributed by atoms with Gasteiger partial charge < -0.3 is 25.8 Å². The maximum atomic E-state index is 13.1. The van der Waals surface area contributed by atoms with E-state index in [1.54, 1.807) is 48.6 Å². The molecular formula is C29H28FN9O3. The van der Waals surface area contributed by atoms with Crippen LogP contribution in [0.25, 0.3) is 12.2 Å². The molecule has 13 heteroatoms. The highest BCUT2D eigenvalue weighted by atomic mass is 19.1. The number of urea groups is 1. The Kier molecular flexibility index (Phi) is 8.58.